The Bertz CT molecular complexity index is 948. The lowest BCUT2D eigenvalue weighted by molar-refractivity contribution is -0.917. The maximum Gasteiger partial charge on any atom is 0.278 e. The van der Waals surface area contributed by atoms with Crippen LogP contribution >= 0.6 is 11.3 Å². The highest BCUT2D eigenvalue weighted by Crippen LogP contribution is 2.28. The van der Waals surface area contributed by atoms with Crippen LogP contribution in [0.25, 0.3) is 10.2 Å². The summed E-state index contributed by atoms with van der Waals surface area (Å²) in [6.07, 6.45) is 2.41. The number of benzene rings is 2. The van der Waals surface area contributed by atoms with E-state index >= 15 is 0 Å². The van der Waals surface area contributed by atoms with Crippen LogP contribution in [0.4, 0.5) is 0 Å². The van der Waals surface area contributed by atoms with Crippen molar-refractivity contribution in [1.82, 2.24) is 9.88 Å². The number of hydrogen-bond donors (Lipinski definition) is 1. The van der Waals surface area contributed by atoms with Crippen molar-refractivity contribution in [3.8, 4) is 5.75 Å². The zero-order chi connectivity index (χ0) is 20.4. The molecule has 4 rings (SSSR count). The fraction of sp³-hybridized carbons (Fsp3) is 0.391. The lowest BCUT2D eigenvalue weighted by Crippen LogP contribution is -3.13. The Kier molecular flexibility index (Phi) is 5.83. The molecular formula is C23H28N3O2S+. The lowest BCUT2D eigenvalue weighted by atomic mass is 10.2. The first-order chi connectivity index (χ1) is 14.0. The van der Waals surface area contributed by atoms with Gasteiger partial charge in [-0.25, -0.2) is 4.98 Å². The number of hydrogen-bond acceptors (Lipinski definition) is 4. The summed E-state index contributed by atoms with van der Waals surface area (Å²) in [5.41, 5.74) is 2.24. The van der Waals surface area contributed by atoms with E-state index < -0.39 is 0 Å². The van der Waals surface area contributed by atoms with Crippen LogP contribution < -0.4 is 9.64 Å². The summed E-state index contributed by atoms with van der Waals surface area (Å²) in [6.45, 7) is 3.45. The van der Waals surface area contributed by atoms with Gasteiger partial charge in [-0.2, -0.15) is 0 Å². The molecule has 1 N–H and O–H groups in total. The third-order valence-corrected chi connectivity index (χ3v) is 6.97. The van der Waals surface area contributed by atoms with Crippen molar-refractivity contribution in [2.24, 2.45) is 0 Å². The summed E-state index contributed by atoms with van der Waals surface area (Å²) >= 11 is 1.67. The van der Waals surface area contributed by atoms with E-state index in [1.165, 1.54) is 28.0 Å². The van der Waals surface area contributed by atoms with Gasteiger partial charge in [0.15, 0.2) is 6.54 Å². The predicted octanol–water partition coefficient (Wildman–Crippen LogP) is 3.07. The molecule has 29 heavy (non-hydrogen) atoms. The molecule has 0 radical (unpaired) electrons. The van der Waals surface area contributed by atoms with E-state index in [0.717, 1.165) is 22.8 Å². The highest BCUT2D eigenvalue weighted by molar-refractivity contribution is 7.18. The third kappa shape index (κ3) is 4.60. The molecule has 1 heterocycles. The van der Waals surface area contributed by atoms with Crippen molar-refractivity contribution >= 4 is 27.5 Å². The number of aromatic nitrogens is 1. The zero-order valence-corrected chi connectivity index (χ0v) is 18.0. The number of fused-ring (bicyclic) bond motifs is 1. The summed E-state index contributed by atoms with van der Waals surface area (Å²) in [5, 5.41) is 0.991. The molecule has 2 aromatic carbocycles. The van der Waals surface area contributed by atoms with Gasteiger partial charge < -0.3 is 14.5 Å². The summed E-state index contributed by atoms with van der Waals surface area (Å²) < 4.78 is 6.41. The van der Waals surface area contributed by atoms with Crippen LogP contribution in [0.3, 0.4) is 0 Å². The molecule has 0 bridgehead atoms. The summed E-state index contributed by atoms with van der Waals surface area (Å²) in [4.78, 5) is 21.0. The Morgan fingerprint density at radius 3 is 2.62 bits per heavy atom. The van der Waals surface area contributed by atoms with Crippen molar-refractivity contribution in [1.29, 1.82) is 0 Å². The Hall–Kier alpha value is -2.44. The number of thiazole rings is 1. The molecule has 0 aliphatic heterocycles. The Morgan fingerprint density at radius 2 is 1.97 bits per heavy atom. The number of amides is 1. The number of rotatable bonds is 8. The van der Waals surface area contributed by atoms with E-state index in [2.05, 4.69) is 25.1 Å². The van der Waals surface area contributed by atoms with Crippen LogP contribution in [-0.2, 0) is 11.3 Å². The van der Waals surface area contributed by atoms with Crippen LogP contribution in [0.15, 0.2) is 48.5 Å². The average Bonchev–Trinajstić information content (AvgIpc) is 3.50. The van der Waals surface area contributed by atoms with Gasteiger partial charge in [0, 0.05) is 25.5 Å². The van der Waals surface area contributed by atoms with Gasteiger partial charge in [-0.1, -0.05) is 12.1 Å². The Morgan fingerprint density at radius 1 is 1.24 bits per heavy atom. The molecule has 6 heteroatoms. The number of carbonyl (C=O) groups is 1. The molecular weight excluding hydrogens is 382 g/mol. The van der Waals surface area contributed by atoms with Gasteiger partial charge in [0.05, 0.1) is 29.4 Å². The largest absolute Gasteiger partial charge is 0.497 e. The number of nitrogens with zero attached hydrogens (tertiary/aromatic N) is 2. The highest BCUT2D eigenvalue weighted by Gasteiger charge is 2.36. The van der Waals surface area contributed by atoms with Crippen molar-refractivity contribution in [3.63, 3.8) is 0 Å². The molecule has 1 fully saturated rings. The minimum absolute atomic E-state index is 0.0265. The minimum atomic E-state index is -0.0265. The number of nitrogens with one attached hydrogen (secondary N) is 1. The maximum atomic E-state index is 13.1. The van der Waals surface area contributed by atoms with Gasteiger partial charge in [-0.3, -0.25) is 4.79 Å². The van der Waals surface area contributed by atoms with Crippen molar-refractivity contribution in [3.05, 3.63) is 59.1 Å². The smallest absolute Gasteiger partial charge is 0.278 e. The minimum Gasteiger partial charge on any atom is -0.497 e. The second kappa shape index (κ2) is 8.51. The first-order valence-corrected chi connectivity index (χ1v) is 11.0. The second-order valence-electron chi connectivity index (χ2n) is 7.83. The molecule has 1 amide bonds. The van der Waals surface area contributed by atoms with Gasteiger partial charge in [0.1, 0.15) is 17.3 Å². The van der Waals surface area contributed by atoms with Crippen LogP contribution in [0.5, 0.6) is 5.75 Å². The summed E-state index contributed by atoms with van der Waals surface area (Å²) in [7, 11) is 3.58. The topological polar surface area (TPSA) is 46.9 Å². The molecule has 1 aliphatic rings. The molecule has 0 saturated heterocycles. The van der Waals surface area contributed by atoms with Crippen molar-refractivity contribution < 1.29 is 14.4 Å². The molecule has 0 spiro atoms. The quantitative estimate of drug-likeness (QED) is 0.621. The number of likely N-dealkylation sites (N-methyl/N-ethyl adjacent to an activating group) is 1. The number of carbonyl (C=O) groups excluding carboxylic acids is 1. The van der Waals surface area contributed by atoms with E-state index in [0.29, 0.717) is 12.6 Å². The first kappa shape index (κ1) is 19.9. The van der Waals surface area contributed by atoms with E-state index in [1.54, 1.807) is 18.4 Å². The van der Waals surface area contributed by atoms with E-state index in [-0.39, 0.29) is 11.9 Å². The van der Waals surface area contributed by atoms with Crippen molar-refractivity contribution in [2.45, 2.75) is 38.4 Å². The molecule has 1 unspecified atom stereocenters. The van der Waals surface area contributed by atoms with Gasteiger partial charge in [-0.15, -0.1) is 11.3 Å². The second-order valence-corrected chi connectivity index (χ2v) is 8.90. The van der Waals surface area contributed by atoms with Gasteiger partial charge in [0.25, 0.3) is 5.91 Å². The van der Waals surface area contributed by atoms with Crippen LogP contribution in [0.2, 0.25) is 0 Å². The summed E-state index contributed by atoms with van der Waals surface area (Å²) in [5.74, 6) is 1.04. The fourth-order valence-corrected chi connectivity index (χ4v) is 4.68. The number of quaternary nitrogens is 1. The standard InChI is InChI=1S/C23H27N3O2S/c1-16(23-24-20-6-4-5-7-21(20)29-23)25(2)22(27)15-26(18-10-11-18)14-17-8-12-19(28-3)13-9-17/h4-9,12-13,16,18H,10-11,14-15H2,1-3H3/p+1/t16-/m1/s1. The lowest BCUT2D eigenvalue weighted by Gasteiger charge is -2.26. The van der Waals surface area contributed by atoms with Crippen molar-refractivity contribution in [2.75, 3.05) is 20.7 Å². The van der Waals surface area contributed by atoms with Crippen LogP contribution in [0.1, 0.15) is 36.4 Å². The van der Waals surface area contributed by atoms with E-state index in [4.69, 9.17) is 9.72 Å². The number of ether oxygens (including phenoxy) is 1. The maximum absolute atomic E-state index is 13.1. The molecule has 1 aromatic heterocycles. The zero-order valence-electron chi connectivity index (χ0n) is 17.2. The van der Waals surface area contributed by atoms with Crippen LogP contribution in [0, 0.1) is 0 Å². The number of methoxy groups -OCH3 is 1. The van der Waals surface area contributed by atoms with Crippen LogP contribution in [-0.4, -0.2) is 42.5 Å². The molecule has 2 atom stereocenters. The van der Waals surface area contributed by atoms with Gasteiger partial charge in [0.2, 0.25) is 0 Å². The Labute approximate surface area is 175 Å². The Balaban J connectivity index is 1.42. The first-order valence-electron chi connectivity index (χ1n) is 10.1. The van der Waals surface area contributed by atoms with Gasteiger partial charge in [-0.05, 0) is 43.3 Å². The van der Waals surface area contributed by atoms with Gasteiger partial charge >= 0.3 is 0 Å². The predicted molar refractivity (Wildman–Crippen MR) is 116 cm³/mol. The molecule has 1 aliphatic carbocycles. The van der Waals surface area contributed by atoms with E-state index in [9.17, 15) is 4.79 Å². The third-order valence-electron chi connectivity index (χ3n) is 5.77. The number of para-hydroxylation sites is 1. The monoisotopic (exact) mass is 410 g/mol. The molecule has 152 valence electrons. The molecule has 3 aromatic rings. The molecule has 1 saturated carbocycles. The molecule has 5 nitrogen and oxygen atoms in total. The van der Waals surface area contributed by atoms with E-state index in [1.807, 2.05) is 42.3 Å². The SMILES string of the molecule is COc1ccc(C[NH+](CC(=O)N(C)[C@H](C)c2nc3ccccc3s2)C2CC2)cc1. The average molecular weight is 411 g/mol. The fourth-order valence-electron chi connectivity index (χ4n) is 3.62. The normalized spacial score (nSPS) is 15.8. The summed E-state index contributed by atoms with van der Waals surface area (Å²) in [6, 6.07) is 16.9. The highest BCUT2D eigenvalue weighted by atomic mass is 32.1.